The fourth-order valence-corrected chi connectivity index (χ4v) is 2.79. The Morgan fingerprint density at radius 1 is 1.64 bits per heavy atom. The van der Waals surface area contributed by atoms with E-state index in [-0.39, 0.29) is 6.04 Å². The number of nitrogens with two attached hydrogens (primary N) is 1. The minimum absolute atomic E-state index is 0.0644. The standard InChI is InChI=1S/C7H10Cl2N2/c1-3-2-4(10)11-6-5(3)7(6,8)9/h3,5-6H,2H2,1H3,(H2,10,11)/t3?,5-,6-/m0/s1. The van der Waals surface area contributed by atoms with Gasteiger partial charge in [-0.05, 0) is 5.92 Å². The zero-order valence-corrected chi connectivity index (χ0v) is 7.73. The predicted octanol–water partition coefficient (Wildman–Crippen LogP) is 1.56. The molecule has 2 aliphatic rings. The fraction of sp³-hybridized carbons (Fsp3) is 0.857. The van der Waals surface area contributed by atoms with Gasteiger partial charge in [0.05, 0.1) is 11.9 Å². The van der Waals surface area contributed by atoms with E-state index in [4.69, 9.17) is 28.9 Å². The summed E-state index contributed by atoms with van der Waals surface area (Å²) >= 11 is 12.0. The van der Waals surface area contributed by atoms with Crippen LogP contribution in [0.5, 0.6) is 0 Å². The Hall–Kier alpha value is 0.0500. The van der Waals surface area contributed by atoms with Crippen LogP contribution >= 0.6 is 23.2 Å². The van der Waals surface area contributed by atoms with Gasteiger partial charge in [-0.25, -0.2) is 0 Å². The molecule has 1 saturated carbocycles. The summed E-state index contributed by atoms with van der Waals surface area (Å²) in [6.45, 7) is 2.12. The molecule has 0 spiro atoms. The van der Waals surface area contributed by atoms with Crippen LogP contribution < -0.4 is 5.73 Å². The molecule has 1 aliphatic carbocycles. The van der Waals surface area contributed by atoms with Crippen molar-refractivity contribution >= 4 is 29.0 Å². The number of halogens is 2. The van der Waals surface area contributed by atoms with E-state index in [0.29, 0.717) is 17.7 Å². The minimum atomic E-state index is -0.624. The van der Waals surface area contributed by atoms with Crippen LogP contribution in [0.1, 0.15) is 13.3 Å². The normalized spacial score (nSPS) is 46.1. The third-order valence-electron chi connectivity index (χ3n) is 2.52. The molecule has 0 aromatic rings. The molecule has 62 valence electrons. The van der Waals surface area contributed by atoms with E-state index in [2.05, 4.69) is 11.9 Å². The van der Waals surface area contributed by atoms with Crippen molar-refractivity contribution in [3.63, 3.8) is 0 Å². The molecular weight excluding hydrogens is 183 g/mol. The highest BCUT2D eigenvalue weighted by Gasteiger charge is 2.67. The quantitative estimate of drug-likeness (QED) is 0.582. The lowest BCUT2D eigenvalue weighted by molar-refractivity contribution is 0.495. The number of alkyl halides is 2. The Balaban J connectivity index is 2.25. The molecular formula is C7H10Cl2N2. The number of aliphatic imine (C=N–C) groups is 1. The maximum Gasteiger partial charge on any atom is 0.146 e. The molecule has 3 atom stereocenters. The van der Waals surface area contributed by atoms with Crippen LogP contribution in [0.2, 0.25) is 0 Å². The van der Waals surface area contributed by atoms with Gasteiger partial charge >= 0.3 is 0 Å². The van der Waals surface area contributed by atoms with Crippen LogP contribution in [0.25, 0.3) is 0 Å². The van der Waals surface area contributed by atoms with Gasteiger partial charge < -0.3 is 5.73 Å². The second kappa shape index (κ2) is 2.05. The second-order valence-electron chi connectivity index (χ2n) is 3.45. The molecule has 1 heterocycles. The maximum absolute atomic E-state index is 5.98. The SMILES string of the molecule is CC1CC(N)=N[C@H]2[C@H]1C2(Cl)Cl. The number of hydrogen-bond donors (Lipinski definition) is 1. The van der Waals surface area contributed by atoms with E-state index in [0.717, 1.165) is 6.42 Å². The molecule has 2 N–H and O–H groups in total. The minimum Gasteiger partial charge on any atom is -0.387 e. The number of fused-ring (bicyclic) bond motifs is 1. The van der Waals surface area contributed by atoms with Crippen molar-refractivity contribution < 1.29 is 0 Å². The lowest BCUT2D eigenvalue weighted by atomic mass is 9.99. The molecule has 0 radical (unpaired) electrons. The van der Waals surface area contributed by atoms with Crippen molar-refractivity contribution in [3.8, 4) is 0 Å². The molecule has 2 rings (SSSR count). The lowest BCUT2D eigenvalue weighted by Gasteiger charge is -2.13. The van der Waals surface area contributed by atoms with Crippen molar-refractivity contribution in [2.45, 2.75) is 23.7 Å². The highest BCUT2D eigenvalue weighted by molar-refractivity contribution is 6.52. The van der Waals surface area contributed by atoms with Crippen molar-refractivity contribution in [2.24, 2.45) is 22.6 Å². The summed E-state index contributed by atoms with van der Waals surface area (Å²) in [7, 11) is 0. The fourth-order valence-electron chi connectivity index (χ4n) is 1.88. The molecule has 1 aliphatic heterocycles. The molecule has 0 saturated heterocycles. The van der Waals surface area contributed by atoms with Gasteiger partial charge in [0.1, 0.15) is 4.33 Å². The van der Waals surface area contributed by atoms with Crippen LogP contribution in [0.4, 0.5) is 0 Å². The number of amidine groups is 1. The largest absolute Gasteiger partial charge is 0.387 e. The second-order valence-corrected chi connectivity index (χ2v) is 4.89. The third-order valence-corrected chi connectivity index (χ3v) is 3.47. The average Bonchev–Trinajstić information content (AvgIpc) is 2.34. The highest BCUT2D eigenvalue weighted by Crippen LogP contribution is 2.61. The lowest BCUT2D eigenvalue weighted by Crippen LogP contribution is -2.22. The molecule has 11 heavy (non-hydrogen) atoms. The van der Waals surface area contributed by atoms with Crippen LogP contribution in [0, 0.1) is 11.8 Å². The maximum atomic E-state index is 5.98. The summed E-state index contributed by atoms with van der Waals surface area (Å²) in [5, 5.41) is 0. The summed E-state index contributed by atoms with van der Waals surface area (Å²) in [6.07, 6.45) is 0.836. The Labute approximate surface area is 75.8 Å². The van der Waals surface area contributed by atoms with E-state index >= 15 is 0 Å². The van der Waals surface area contributed by atoms with Crippen molar-refractivity contribution in [1.82, 2.24) is 0 Å². The smallest absolute Gasteiger partial charge is 0.146 e. The first-order chi connectivity index (χ1) is 5.03. The number of hydrogen-bond acceptors (Lipinski definition) is 2. The predicted molar refractivity (Wildman–Crippen MR) is 47.1 cm³/mol. The van der Waals surface area contributed by atoms with Crippen LogP contribution in [0.15, 0.2) is 4.99 Å². The molecule has 0 bridgehead atoms. The van der Waals surface area contributed by atoms with Crippen molar-refractivity contribution in [3.05, 3.63) is 0 Å². The molecule has 2 nitrogen and oxygen atoms in total. The van der Waals surface area contributed by atoms with Gasteiger partial charge in [-0.2, -0.15) is 0 Å². The topological polar surface area (TPSA) is 38.4 Å². The first-order valence-electron chi connectivity index (χ1n) is 3.73. The van der Waals surface area contributed by atoms with Gasteiger partial charge in [0.2, 0.25) is 0 Å². The van der Waals surface area contributed by atoms with Crippen LogP contribution in [-0.4, -0.2) is 16.2 Å². The van der Waals surface area contributed by atoms with Gasteiger partial charge in [0.15, 0.2) is 0 Å². The van der Waals surface area contributed by atoms with E-state index in [1.807, 2.05) is 0 Å². The van der Waals surface area contributed by atoms with Gasteiger partial charge in [-0.15, -0.1) is 0 Å². The summed E-state index contributed by atoms with van der Waals surface area (Å²) < 4.78 is -0.624. The average molecular weight is 193 g/mol. The monoisotopic (exact) mass is 192 g/mol. The van der Waals surface area contributed by atoms with E-state index in [1.165, 1.54) is 0 Å². The molecule has 1 fully saturated rings. The first kappa shape index (κ1) is 7.69. The summed E-state index contributed by atoms with van der Waals surface area (Å²) in [5.41, 5.74) is 5.60. The molecule has 4 heteroatoms. The Bertz CT molecular complexity index is 224. The summed E-state index contributed by atoms with van der Waals surface area (Å²) in [5.74, 6) is 1.51. The van der Waals surface area contributed by atoms with Crippen molar-refractivity contribution in [1.29, 1.82) is 0 Å². The Morgan fingerprint density at radius 2 is 2.27 bits per heavy atom. The summed E-state index contributed by atoms with van der Waals surface area (Å²) in [4.78, 5) is 4.19. The van der Waals surface area contributed by atoms with Crippen molar-refractivity contribution in [2.75, 3.05) is 0 Å². The van der Waals surface area contributed by atoms with Gasteiger partial charge in [0, 0.05) is 12.3 Å². The third kappa shape index (κ3) is 0.960. The number of rotatable bonds is 0. The van der Waals surface area contributed by atoms with Crippen LogP contribution in [-0.2, 0) is 0 Å². The van der Waals surface area contributed by atoms with Crippen LogP contribution in [0.3, 0.4) is 0 Å². The molecule has 0 aromatic heterocycles. The Kier molecular flexibility index (Phi) is 1.43. The molecule has 1 unspecified atom stereocenters. The van der Waals surface area contributed by atoms with E-state index in [9.17, 15) is 0 Å². The van der Waals surface area contributed by atoms with E-state index < -0.39 is 4.33 Å². The zero-order valence-electron chi connectivity index (χ0n) is 6.22. The zero-order chi connectivity index (χ0) is 8.22. The van der Waals surface area contributed by atoms with Gasteiger partial charge in [-0.1, -0.05) is 30.1 Å². The molecule has 0 amide bonds. The number of nitrogens with zero attached hydrogens (tertiary/aromatic N) is 1. The first-order valence-corrected chi connectivity index (χ1v) is 4.49. The van der Waals surface area contributed by atoms with Gasteiger partial charge in [0.25, 0.3) is 0 Å². The van der Waals surface area contributed by atoms with E-state index in [1.54, 1.807) is 0 Å². The molecule has 0 aromatic carbocycles. The Morgan fingerprint density at radius 3 is 2.82 bits per heavy atom. The van der Waals surface area contributed by atoms with Gasteiger partial charge in [-0.3, -0.25) is 4.99 Å². The highest BCUT2D eigenvalue weighted by atomic mass is 35.5. The summed E-state index contributed by atoms with van der Waals surface area (Å²) in [6, 6.07) is 0.0644.